The average Bonchev–Trinajstić information content (AvgIpc) is 2.03. The highest BCUT2D eigenvalue weighted by Gasteiger charge is 2.23. The molecule has 0 atom stereocenters. The van der Waals surface area contributed by atoms with Gasteiger partial charge in [0.15, 0.2) is 0 Å². The van der Waals surface area contributed by atoms with Crippen LogP contribution in [0.2, 0.25) is 0 Å². The number of nitrogens with one attached hydrogen (secondary N) is 1. The molecule has 3 N–H and O–H groups in total. The number of halogens is 2. The highest BCUT2D eigenvalue weighted by atomic mass is 19.3. The zero-order valence-corrected chi connectivity index (χ0v) is 6.64. The summed E-state index contributed by atoms with van der Waals surface area (Å²) >= 11 is 0. The van der Waals surface area contributed by atoms with E-state index in [1.165, 1.54) is 18.2 Å². The molecule has 1 aromatic carbocycles. The van der Waals surface area contributed by atoms with Crippen LogP contribution in [0.1, 0.15) is 12.5 Å². The van der Waals surface area contributed by atoms with Gasteiger partial charge in [-0.05, 0) is 12.1 Å². The van der Waals surface area contributed by atoms with Crippen molar-refractivity contribution in [1.82, 2.24) is 0 Å². The Morgan fingerprint density at radius 2 is 2.08 bits per heavy atom. The van der Waals surface area contributed by atoms with Crippen molar-refractivity contribution in [2.75, 3.05) is 5.43 Å². The van der Waals surface area contributed by atoms with Crippen LogP contribution >= 0.6 is 0 Å². The molecule has 0 aliphatic carbocycles. The van der Waals surface area contributed by atoms with Crippen molar-refractivity contribution in [1.29, 1.82) is 0 Å². The lowest BCUT2D eigenvalue weighted by Gasteiger charge is -2.11. The summed E-state index contributed by atoms with van der Waals surface area (Å²) in [4.78, 5) is 0. The fourth-order valence-corrected chi connectivity index (χ4v) is 0.882. The topological polar surface area (TPSA) is 38.0 Å². The Morgan fingerprint density at radius 3 is 2.58 bits per heavy atom. The van der Waals surface area contributed by atoms with Crippen LogP contribution in [0.15, 0.2) is 24.3 Å². The van der Waals surface area contributed by atoms with Crippen LogP contribution in [0.25, 0.3) is 0 Å². The second-order valence-electron chi connectivity index (χ2n) is 2.61. The summed E-state index contributed by atoms with van der Waals surface area (Å²) in [7, 11) is 0. The summed E-state index contributed by atoms with van der Waals surface area (Å²) < 4.78 is 25.4. The molecule has 0 saturated heterocycles. The highest BCUT2D eigenvalue weighted by Crippen LogP contribution is 2.28. The van der Waals surface area contributed by atoms with Crippen molar-refractivity contribution >= 4 is 5.69 Å². The molecule has 0 fully saturated rings. The lowest BCUT2D eigenvalue weighted by molar-refractivity contribution is 0.0175. The van der Waals surface area contributed by atoms with Crippen molar-refractivity contribution in [3.63, 3.8) is 0 Å². The molecule has 0 heterocycles. The van der Waals surface area contributed by atoms with Crippen LogP contribution in [0.3, 0.4) is 0 Å². The first-order valence-electron chi connectivity index (χ1n) is 3.49. The number of anilines is 1. The summed E-state index contributed by atoms with van der Waals surface area (Å²) in [5.74, 6) is 2.25. The van der Waals surface area contributed by atoms with Gasteiger partial charge in [-0.15, -0.1) is 0 Å². The lowest BCUT2D eigenvalue weighted by Crippen LogP contribution is -2.10. The van der Waals surface area contributed by atoms with Crippen molar-refractivity contribution in [2.24, 2.45) is 5.84 Å². The van der Waals surface area contributed by atoms with Crippen molar-refractivity contribution in [2.45, 2.75) is 12.8 Å². The third kappa shape index (κ3) is 1.92. The predicted molar refractivity (Wildman–Crippen MR) is 43.8 cm³/mol. The molecule has 0 spiro atoms. The Bertz CT molecular complexity index is 268. The maximum absolute atomic E-state index is 12.7. The average molecular weight is 172 g/mol. The fourth-order valence-electron chi connectivity index (χ4n) is 0.882. The Balaban J connectivity index is 3.02. The second kappa shape index (κ2) is 3.06. The molecule has 0 aliphatic rings. The maximum Gasteiger partial charge on any atom is 0.270 e. The highest BCUT2D eigenvalue weighted by molar-refractivity contribution is 5.45. The van der Waals surface area contributed by atoms with Crippen LogP contribution in [-0.2, 0) is 5.92 Å². The van der Waals surface area contributed by atoms with Crippen LogP contribution in [-0.4, -0.2) is 0 Å². The number of nitrogens with two attached hydrogens (primary N) is 1. The van der Waals surface area contributed by atoms with E-state index in [-0.39, 0.29) is 5.56 Å². The van der Waals surface area contributed by atoms with Gasteiger partial charge in [-0.25, -0.2) is 8.78 Å². The Hall–Kier alpha value is -1.16. The van der Waals surface area contributed by atoms with Gasteiger partial charge in [0.2, 0.25) is 0 Å². The molecule has 0 amide bonds. The van der Waals surface area contributed by atoms with Crippen LogP contribution in [0.5, 0.6) is 0 Å². The molecule has 12 heavy (non-hydrogen) atoms. The van der Waals surface area contributed by atoms with E-state index in [0.29, 0.717) is 5.69 Å². The molecule has 2 nitrogen and oxygen atoms in total. The van der Waals surface area contributed by atoms with Gasteiger partial charge < -0.3 is 5.43 Å². The van der Waals surface area contributed by atoms with E-state index in [0.717, 1.165) is 6.92 Å². The molecule has 0 radical (unpaired) electrons. The summed E-state index contributed by atoms with van der Waals surface area (Å²) in [5.41, 5.74) is 2.74. The summed E-state index contributed by atoms with van der Waals surface area (Å²) in [6.07, 6.45) is 0. The molecular weight excluding hydrogens is 162 g/mol. The standard InChI is InChI=1S/C8H10F2N2/c1-8(9,10)6-3-2-4-7(5-6)12-11/h2-5,12H,11H2,1H3. The minimum atomic E-state index is -2.81. The zero-order valence-electron chi connectivity index (χ0n) is 6.64. The summed E-state index contributed by atoms with van der Waals surface area (Å²) in [6.45, 7) is 0.850. The minimum absolute atomic E-state index is 0.0436. The van der Waals surface area contributed by atoms with E-state index in [1.807, 2.05) is 0 Å². The fraction of sp³-hybridized carbons (Fsp3) is 0.250. The van der Waals surface area contributed by atoms with E-state index >= 15 is 0 Å². The van der Waals surface area contributed by atoms with E-state index in [4.69, 9.17) is 5.84 Å². The van der Waals surface area contributed by atoms with Crippen molar-refractivity contribution in [3.05, 3.63) is 29.8 Å². The third-order valence-corrected chi connectivity index (χ3v) is 1.54. The maximum atomic E-state index is 12.7. The quantitative estimate of drug-likeness (QED) is 0.529. The normalized spacial score (nSPS) is 11.3. The van der Waals surface area contributed by atoms with Gasteiger partial charge >= 0.3 is 0 Å². The number of hydrogen-bond donors (Lipinski definition) is 2. The Kier molecular flexibility index (Phi) is 2.28. The van der Waals surface area contributed by atoms with Gasteiger partial charge in [-0.3, -0.25) is 5.84 Å². The molecule has 0 aliphatic heterocycles. The largest absolute Gasteiger partial charge is 0.324 e. The lowest BCUT2D eigenvalue weighted by atomic mass is 10.1. The van der Waals surface area contributed by atoms with Gasteiger partial charge in [-0.1, -0.05) is 12.1 Å². The van der Waals surface area contributed by atoms with Crippen molar-refractivity contribution < 1.29 is 8.78 Å². The number of nitrogen functional groups attached to an aromatic ring is 1. The molecule has 4 heteroatoms. The van der Waals surface area contributed by atoms with E-state index in [1.54, 1.807) is 6.07 Å². The molecular formula is C8H10F2N2. The van der Waals surface area contributed by atoms with E-state index < -0.39 is 5.92 Å². The van der Waals surface area contributed by atoms with Crippen LogP contribution < -0.4 is 11.3 Å². The predicted octanol–water partition coefficient (Wildman–Crippen LogP) is 2.08. The zero-order chi connectivity index (χ0) is 9.19. The molecule has 0 aromatic heterocycles. The monoisotopic (exact) mass is 172 g/mol. The number of benzene rings is 1. The Labute approximate surface area is 69.4 Å². The molecule has 0 saturated carbocycles. The van der Waals surface area contributed by atoms with Crippen LogP contribution in [0.4, 0.5) is 14.5 Å². The van der Waals surface area contributed by atoms with E-state index in [9.17, 15) is 8.78 Å². The minimum Gasteiger partial charge on any atom is -0.324 e. The SMILES string of the molecule is CC(F)(F)c1cccc(NN)c1. The van der Waals surface area contributed by atoms with Gasteiger partial charge in [0.1, 0.15) is 0 Å². The first-order valence-corrected chi connectivity index (χ1v) is 3.49. The van der Waals surface area contributed by atoms with Gasteiger partial charge in [-0.2, -0.15) is 0 Å². The number of hydrogen-bond acceptors (Lipinski definition) is 2. The molecule has 1 rings (SSSR count). The van der Waals surface area contributed by atoms with Gasteiger partial charge in [0.25, 0.3) is 5.92 Å². The number of alkyl halides is 2. The first kappa shape index (κ1) is 8.93. The van der Waals surface area contributed by atoms with Gasteiger partial charge in [0.05, 0.1) is 0 Å². The summed E-state index contributed by atoms with van der Waals surface area (Å²) in [6, 6.07) is 5.83. The first-order chi connectivity index (χ1) is 5.54. The van der Waals surface area contributed by atoms with Crippen molar-refractivity contribution in [3.8, 4) is 0 Å². The molecule has 1 aromatic rings. The third-order valence-electron chi connectivity index (χ3n) is 1.54. The van der Waals surface area contributed by atoms with Crippen LogP contribution in [0, 0.1) is 0 Å². The number of hydrazine groups is 1. The second-order valence-corrected chi connectivity index (χ2v) is 2.61. The smallest absolute Gasteiger partial charge is 0.270 e. The Morgan fingerprint density at radius 1 is 1.42 bits per heavy atom. The molecule has 66 valence electrons. The molecule has 0 unspecified atom stereocenters. The molecule has 0 bridgehead atoms. The summed E-state index contributed by atoms with van der Waals surface area (Å²) in [5, 5.41) is 0. The van der Waals surface area contributed by atoms with E-state index in [2.05, 4.69) is 5.43 Å². The number of rotatable bonds is 2. The van der Waals surface area contributed by atoms with Gasteiger partial charge in [0, 0.05) is 18.2 Å².